The number of hydrogen-bond acceptors (Lipinski definition) is 3. The Hall–Kier alpha value is -2.37. The molecule has 2 heterocycles. The van der Waals surface area contributed by atoms with Crippen molar-refractivity contribution in [3.05, 3.63) is 30.1 Å². The van der Waals surface area contributed by atoms with Crippen LogP contribution in [0.2, 0.25) is 0 Å². The van der Waals surface area contributed by atoms with Gasteiger partial charge in [-0.25, -0.2) is 4.98 Å². The number of aromatic nitrogens is 2. The fraction of sp³-hybridized carbons (Fsp3) is 0.100. The molecule has 2 amide bonds. The van der Waals surface area contributed by atoms with Crippen molar-refractivity contribution in [3.8, 4) is 0 Å². The molecule has 0 atom stereocenters. The molecule has 2 aromatic rings. The Morgan fingerprint density at radius 2 is 2.19 bits per heavy atom. The van der Waals surface area contributed by atoms with Crippen LogP contribution in [0, 0.1) is 0 Å². The zero-order valence-electron chi connectivity index (χ0n) is 8.57. The van der Waals surface area contributed by atoms with Gasteiger partial charge >= 0.3 is 0 Å². The van der Waals surface area contributed by atoms with E-state index in [9.17, 15) is 9.59 Å². The Morgan fingerprint density at radius 1 is 1.38 bits per heavy atom. The highest BCUT2D eigenvalue weighted by Gasteiger charge is 2.07. The van der Waals surface area contributed by atoms with Crippen LogP contribution < -0.4 is 10.9 Å². The number of pyridine rings is 1. The van der Waals surface area contributed by atoms with E-state index in [0.717, 1.165) is 11.0 Å². The highest BCUT2D eigenvalue weighted by Crippen LogP contribution is 2.10. The predicted octanol–water partition coefficient (Wildman–Crippen LogP) is 0.344. The normalized spacial score (nSPS) is 10.1. The molecule has 0 saturated carbocycles. The van der Waals surface area contributed by atoms with Crippen LogP contribution >= 0.6 is 0 Å². The Balaban J connectivity index is 2.19. The number of aromatic amines is 1. The summed E-state index contributed by atoms with van der Waals surface area (Å²) in [5.41, 5.74) is 5.59. The lowest BCUT2D eigenvalue weighted by Crippen LogP contribution is -2.40. The number of hydrogen-bond donors (Lipinski definition) is 3. The van der Waals surface area contributed by atoms with E-state index < -0.39 is 5.91 Å². The zero-order valence-corrected chi connectivity index (χ0v) is 8.57. The lowest BCUT2D eigenvalue weighted by Gasteiger charge is -2.04. The molecule has 82 valence electrons. The molecule has 2 rings (SSSR count). The van der Waals surface area contributed by atoms with Crippen LogP contribution in [-0.4, -0.2) is 21.8 Å². The number of nitrogens with zero attached hydrogens (tertiary/aromatic N) is 1. The van der Waals surface area contributed by atoms with Crippen LogP contribution in [0.15, 0.2) is 24.5 Å². The van der Waals surface area contributed by atoms with Gasteiger partial charge in [0, 0.05) is 24.7 Å². The van der Waals surface area contributed by atoms with Crippen molar-refractivity contribution >= 4 is 22.8 Å². The number of rotatable bonds is 1. The van der Waals surface area contributed by atoms with E-state index in [4.69, 9.17) is 0 Å². The molecule has 0 bridgehead atoms. The third-order valence-corrected chi connectivity index (χ3v) is 2.01. The van der Waals surface area contributed by atoms with Crippen LogP contribution in [0.1, 0.15) is 17.3 Å². The lowest BCUT2D eigenvalue weighted by atomic mass is 10.2. The summed E-state index contributed by atoms with van der Waals surface area (Å²) in [5, 5.41) is 0.843. The first-order valence-corrected chi connectivity index (χ1v) is 4.67. The lowest BCUT2D eigenvalue weighted by molar-refractivity contribution is -0.119. The van der Waals surface area contributed by atoms with Gasteiger partial charge in [-0.1, -0.05) is 0 Å². The van der Waals surface area contributed by atoms with E-state index in [0.29, 0.717) is 5.56 Å². The standard InChI is InChI=1S/C10H10N4O2/c1-6(15)13-14-10(16)8-4-7-2-3-11-9(7)12-5-8/h2-5H,1H3,(H,11,12)(H,13,15)(H,14,16). The summed E-state index contributed by atoms with van der Waals surface area (Å²) in [7, 11) is 0. The summed E-state index contributed by atoms with van der Waals surface area (Å²) >= 11 is 0. The van der Waals surface area contributed by atoms with Gasteiger partial charge in [-0.2, -0.15) is 0 Å². The monoisotopic (exact) mass is 218 g/mol. The molecule has 6 nitrogen and oxygen atoms in total. The van der Waals surface area contributed by atoms with Crippen LogP contribution in [0.3, 0.4) is 0 Å². The molecule has 0 saturated heterocycles. The Bertz CT molecular complexity index is 546. The average Bonchev–Trinajstić information content (AvgIpc) is 2.72. The van der Waals surface area contributed by atoms with E-state index >= 15 is 0 Å². The molecule has 3 N–H and O–H groups in total. The van der Waals surface area contributed by atoms with Gasteiger partial charge in [0.25, 0.3) is 5.91 Å². The molecule has 0 spiro atoms. The van der Waals surface area contributed by atoms with Gasteiger partial charge in [-0.15, -0.1) is 0 Å². The van der Waals surface area contributed by atoms with Crippen LogP contribution in [0.25, 0.3) is 11.0 Å². The zero-order chi connectivity index (χ0) is 11.5. The summed E-state index contributed by atoms with van der Waals surface area (Å²) in [6, 6.07) is 3.51. The first kappa shape index (κ1) is 10.2. The third kappa shape index (κ3) is 2.00. The summed E-state index contributed by atoms with van der Waals surface area (Å²) in [4.78, 5) is 29.1. The second-order valence-electron chi connectivity index (χ2n) is 3.27. The molecule has 2 aromatic heterocycles. The fourth-order valence-electron chi connectivity index (χ4n) is 1.28. The maximum absolute atomic E-state index is 11.5. The van der Waals surface area contributed by atoms with Crippen molar-refractivity contribution in [2.75, 3.05) is 0 Å². The van der Waals surface area contributed by atoms with Gasteiger partial charge in [-0.05, 0) is 12.1 Å². The molecular formula is C10H10N4O2. The SMILES string of the molecule is CC(=O)NNC(=O)c1cnc2[nH]ccc2c1. The largest absolute Gasteiger partial charge is 0.346 e. The molecule has 16 heavy (non-hydrogen) atoms. The fourth-order valence-corrected chi connectivity index (χ4v) is 1.28. The van der Waals surface area contributed by atoms with Gasteiger partial charge < -0.3 is 4.98 Å². The van der Waals surface area contributed by atoms with E-state index in [2.05, 4.69) is 20.8 Å². The van der Waals surface area contributed by atoms with Crippen molar-refractivity contribution in [2.24, 2.45) is 0 Å². The number of carbonyl (C=O) groups excluding carboxylic acids is 2. The molecule has 0 aromatic carbocycles. The third-order valence-electron chi connectivity index (χ3n) is 2.01. The topological polar surface area (TPSA) is 86.9 Å². The van der Waals surface area contributed by atoms with Crippen molar-refractivity contribution in [1.29, 1.82) is 0 Å². The van der Waals surface area contributed by atoms with Crippen molar-refractivity contribution in [1.82, 2.24) is 20.8 Å². The maximum atomic E-state index is 11.5. The minimum absolute atomic E-state index is 0.330. The van der Waals surface area contributed by atoms with Gasteiger partial charge in [0.05, 0.1) is 5.56 Å². The quantitative estimate of drug-likeness (QED) is 0.603. The number of amides is 2. The first-order valence-electron chi connectivity index (χ1n) is 4.67. The molecule has 0 aliphatic rings. The molecule has 0 radical (unpaired) electrons. The minimum atomic E-state index is -0.397. The van der Waals surface area contributed by atoms with Gasteiger partial charge in [0.15, 0.2) is 0 Å². The number of hydrazine groups is 1. The van der Waals surface area contributed by atoms with Gasteiger partial charge in [0.1, 0.15) is 5.65 Å². The highest BCUT2D eigenvalue weighted by atomic mass is 16.2. The predicted molar refractivity (Wildman–Crippen MR) is 57.4 cm³/mol. The van der Waals surface area contributed by atoms with Crippen molar-refractivity contribution in [3.63, 3.8) is 0 Å². The van der Waals surface area contributed by atoms with Crippen LogP contribution in [-0.2, 0) is 4.79 Å². The molecule has 0 fully saturated rings. The number of carbonyl (C=O) groups is 2. The maximum Gasteiger partial charge on any atom is 0.271 e. The summed E-state index contributed by atoms with van der Waals surface area (Å²) in [6.07, 6.45) is 3.18. The van der Waals surface area contributed by atoms with E-state index in [-0.39, 0.29) is 5.91 Å². The van der Waals surface area contributed by atoms with Crippen molar-refractivity contribution < 1.29 is 9.59 Å². The molecule has 6 heteroatoms. The van der Waals surface area contributed by atoms with Crippen LogP contribution in [0.4, 0.5) is 0 Å². The highest BCUT2D eigenvalue weighted by molar-refractivity contribution is 5.97. The summed E-state index contributed by atoms with van der Waals surface area (Å²) < 4.78 is 0. The molecule has 0 aliphatic heterocycles. The van der Waals surface area contributed by atoms with E-state index in [1.54, 1.807) is 12.3 Å². The Labute approximate surface area is 91.0 Å². The number of H-pyrrole nitrogens is 1. The molecule has 0 aliphatic carbocycles. The number of fused-ring (bicyclic) bond motifs is 1. The first-order chi connectivity index (χ1) is 7.66. The Morgan fingerprint density at radius 3 is 2.94 bits per heavy atom. The number of nitrogens with one attached hydrogen (secondary N) is 3. The average molecular weight is 218 g/mol. The molecule has 0 unspecified atom stereocenters. The minimum Gasteiger partial charge on any atom is -0.346 e. The summed E-state index contributed by atoms with van der Waals surface area (Å²) in [6.45, 7) is 1.31. The van der Waals surface area contributed by atoms with E-state index in [1.807, 2.05) is 6.07 Å². The smallest absolute Gasteiger partial charge is 0.271 e. The van der Waals surface area contributed by atoms with Gasteiger partial charge in [0.2, 0.25) is 5.91 Å². The molecular weight excluding hydrogens is 208 g/mol. The second-order valence-corrected chi connectivity index (χ2v) is 3.27. The van der Waals surface area contributed by atoms with Crippen molar-refractivity contribution in [2.45, 2.75) is 6.92 Å². The summed E-state index contributed by atoms with van der Waals surface area (Å²) in [5.74, 6) is -0.727. The Kier molecular flexibility index (Phi) is 2.55. The second kappa shape index (κ2) is 4.01. The van der Waals surface area contributed by atoms with Crippen LogP contribution in [0.5, 0.6) is 0 Å². The van der Waals surface area contributed by atoms with E-state index in [1.165, 1.54) is 13.1 Å². The van der Waals surface area contributed by atoms with Gasteiger partial charge in [-0.3, -0.25) is 20.4 Å².